The van der Waals surface area contributed by atoms with E-state index >= 15 is 0 Å². The van der Waals surface area contributed by atoms with Crippen LogP contribution in [0.25, 0.3) is 0 Å². The Morgan fingerprint density at radius 2 is 1.86 bits per heavy atom. The van der Waals surface area contributed by atoms with Crippen LogP contribution in [0.15, 0.2) is 54.3 Å². The number of benzene rings is 2. The second-order valence-electron chi connectivity index (χ2n) is 11.4. The average molecular weight is 594 g/mol. The van der Waals surface area contributed by atoms with E-state index < -0.39 is 59.6 Å². The Morgan fingerprint density at radius 1 is 1.12 bits per heavy atom. The number of hydrogen-bond donors (Lipinski definition) is 3. The van der Waals surface area contributed by atoms with Gasteiger partial charge in [0.15, 0.2) is 17.6 Å². The van der Waals surface area contributed by atoms with Gasteiger partial charge in [-0.15, -0.1) is 0 Å². The molecular weight excluding hydrogens is 562 g/mol. The number of aliphatic hydroxyl groups is 1. The number of carbonyl (C=O) groups is 4. The highest BCUT2D eigenvalue weighted by atomic mass is 16.6. The second-order valence-corrected chi connectivity index (χ2v) is 11.4. The summed E-state index contributed by atoms with van der Waals surface area (Å²) in [7, 11) is 1.95. The lowest BCUT2D eigenvalue weighted by Gasteiger charge is -2.61. The van der Waals surface area contributed by atoms with Crippen molar-refractivity contribution in [2.75, 3.05) is 13.6 Å². The van der Waals surface area contributed by atoms with Gasteiger partial charge in [0.25, 0.3) is 0 Å². The summed E-state index contributed by atoms with van der Waals surface area (Å²) in [6, 6.07) is 10.9. The van der Waals surface area contributed by atoms with E-state index in [1.54, 1.807) is 30.3 Å². The van der Waals surface area contributed by atoms with Gasteiger partial charge in [-0.3, -0.25) is 9.59 Å². The van der Waals surface area contributed by atoms with Crippen LogP contribution in [0, 0.1) is 0 Å². The summed E-state index contributed by atoms with van der Waals surface area (Å²) in [6.07, 6.45) is -2.44. The van der Waals surface area contributed by atoms with Crippen molar-refractivity contribution in [3.05, 3.63) is 71.0 Å². The molecule has 6 rings (SSSR count). The summed E-state index contributed by atoms with van der Waals surface area (Å²) in [5, 5.41) is 32.5. The summed E-state index contributed by atoms with van der Waals surface area (Å²) >= 11 is 0. The standard InChI is InChI=1S/C31H31NO11/c1-16(33)40-21(29(38)43-25(28(36)37)17-6-4-3-5-7-17)15-23(35)41-20-10-11-31(39)22-14-18-8-9-19(34)26-24(18)30(31,27(20)42-26)12-13-32(22)2/h3-10,21-22,25,27,34,39H,11-15H2,1-2H3,(H,36,37)/t21-,22-,25-,27-,30-,31+/m0/s1. The van der Waals surface area contributed by atoms with Crippen molar-refractivity contribution in [3.63, 3.8) is 0 Å². The van der Waals surface area contributed by atoms with Gasteiger partial charge in [0.05, 0.1) is 17.4 Å². The number of aliphatic carboxylic acids is 1. The first-order chi connectivity index (χ1) is 20.5. The Morgan fingerprint density at radius 3 is 2.56 bits per heavy atom. The Kier molecular flexibility index (Phi) is 6.93. The monoisotopic (exact) mass is 593 g/mol. The van der Waals surface area contributed by atoms with Crippen LogP contribution in [0.3, 0.4) is 0 Å². The van der Waals surface area contributed by atoms with Crippen molar-refractivity contribution < 1.29 is 53.4 Å². The third-order valence-electron chi connectivity index (χ3n) is 9.07. The topological polar surface area (TPSA) is 169 Å². The van der Waals surface area contributed by atoms with E-state index in [0.29, 0.717) is 24.9 Å². The molecule has 2 aromatic rings. The normalized spacial score (nSPS) is 27.9. The van der Waals surface area contributed by atoms with Crippen LogP contribution in [-0.2, 0) is 45.2 Å². The van der Waals surface area contributed by atoms with Crippen LogP contribution in [0.4, 0.5) is 0 Å². The minimum absolute atomic E-state index is 0.0861. The summed E-state index contributed by atoms with van der Waals surface area (Å²) in [6.45, 7) is 1.67. The summed E-state index contributed by atoms with van der Waals surface area (Å²) < 4.78 is 22.2. The molecule has 3 N–H and O–H groups in total. The van der Waals surface area contributed by atoms with Gasteiger partial charge in [0, 0.05) is 30.5 Å². The molecule has 0 aromatic heterocycles. The Hall–Kier alpha value is -4.42. The smallest absolute Gasteiger partial charge is 0.349 e. The van der Waals surface area contributed by atoms with Gasteiger partial charge >= 0.3 is 23.9 Å². The second kappa shape index (κ2) is 10.4. The van der Waals surface area contributed by atoms with Crippen LogP contribution in [0.5, 0.6) is 11.5 Å². The fraction of sp³-hybridized carbons (Fsp3) is 0.419. The number of esters is 3. The molecule has 12 nitrogen and oxygen atoms in total. The number of carbonyl (C=O) groups excluding carboxylic acids is 3. The Bertz CT molecular complexity index is 1540. The number of likely N-dealkylation sites (tertiary alicyclic amines) is 1. The maximum absolute atomic E-state index is 13.2. The maximum Gasteiger partial charge on any atom is 0.349 e. The third kappa shape index (κ3) is 4.43. The zero-order valence-electron chi connectivity index (χ0n) is 23.5. The van der Waals surface area contributed by atoms with Gasteiger partial charge in [-0.25, -0.2) is 9.59 Å². The SMILES string of the molecule is CC(=O)O[C@@H](CC(=O)OC1=CC[C@@]2(O)[C@@H]3Cc4ccc(O)c5c4[C@@]2(CCN3C)[C@H]1O5)C(=O)O[C@H](C(=O)O)c1ccccc1. The first-order valence-corrected chi connectivity index (χ1v) is 14.0. The van der Waals surface area contributed by atoms with E-state index in [1.165, 1.54) is 12.1 Å². The van der Waals surface area contributed by atoms with E-state index in [2.05, 4.69) is 4.90 Å². The number of phenols is 1. The molecule has 0 saturated carbocycles. The molecule has 2 aliphatic heterocycles. The Labute approximate surface area is 246 Å². The van der Waals surface area contributed by atoms with Crippen molar-refractivity contribution in [1.29, 1.82) is 0 Å². The molecule has 2 heterocycles. The molecule has 2 aliphatic carbocycles. The first kappa shape index (κ1) is 28.7. The zero-order chi connectivity index (χ0) is 30.7. The number of likely N-dealkylation sites (N-methyl/N-ethyl adjacent to an activating group) is 1. The van der Waals surface area contributed by atoms with Crippen LogP contribution in [0.1, 0.15) is 49.0 Å². The zero-order valence-corrected chi connectivity index (χ0v) is 23.5. The van der Waals surface area contributed by atoms with Gasteiger partial charge in [0.2, 0.25) is 12.2 Å². The lowest BCUT2D eigenvalue weighted by molar-refractivity contribution is -0.180. The summed E-state index contributed by atoms with van der Waals surface area (Å²) in [4.78, 5) is 52.0. The molecule has 226 valence electrons. The highest BCUT2D eigenvalue weighted by Crippen LogP contribution is 2.65. The summed E-state index contributed by atoms with van der Waals surface area (Å²) in [5.74, 6) is -4.28. The molecule has 6 atom stereocenters. The molecule has 2 bridgehead atoms. The molecular formula is C31H31NO11. The van der Waals surface area contributed by atoms with Crippen molar-refractivity contribution in [3.8, 4) is 11.5 Å². The van der Waals surface area contributed by atoms with E-state index in [9.17, 15) is 34.5 Å². The average Bonchev–Trinajstić information content (AvgIpc) is 3.32. The molecule has 1 spiro atoms. The molecule has 1 saturated heterocycles. The van der Waals surface area contributed by atoms with Crippen LogP contribution < -0.4 is 4.74 Å². The van der Waals surface area contributed by atoms with Crippen molar-refractivity contribution in [2.24, 2.45) is 0 Å². The molecule has 2 aromatic carbocycles. The molecule has 0 amide bonds. The first-order valence-electron chi connectivity index (χ1n) is 14.0. The van der Waals surface area contributed by atoms with E-state index in [0.717, 1.165) is 12.5 Å². The predicted octanol–water partition coefficient (Wildman–Crippen LogP) is 1.90. The third-order valence-corrected chi connectivity index (χ3v) is 9.07. The Balaban J connectivity index is 1.25. The van der Waals surface area contributed by atoms with E-state index in [1.807, 2.05) is 13.1 Å². The summed E-state index contributed by atoms with van der Waals surface area (Å²) in [5.41, 5.74) is -0.424. The molecule has 0 radical (unpaired) electrons. The lowest BCUT2D eigenvalue weighted by Crippen LogP contribution is -2.74. The molecule has 4 aliphatic rings. The predicted molar refractivity (Wildman–Crippen MR) is 146 cm³/mol. The van der Waals surface area contributed by atoms with Crippen molar-refractivity contribution >= 4 is 23.9 Å². The lowest BCUT2D eigenvalue weighted by atomic mass is 9.50. The number of nitrogens with zero attached hydrogens (tertiary/aromatic N) is 1. The highest BCUT2D eigenvalue weighted by Gasteiger charge is 2.72. The quantitative estimate of drug-likeness (QED) is 0.301. The maximum atomic E-state index is 13.2. The number of rotatable bonds is 8. The van der Waals surface area contributed by atoms with Crippen LogP contribution in [-0.4, -0.2) is 81.5 Å². The van der Waals surface area contributed by atoms with Gasteiger partial charge in [0.1, 0.15) is 5.76 Å². The van der Waals surface area contributed by atoms with Crippen molar-refractivity contribution in [2.45, 2.75) is 68.0 Å². The highest BCUT2D eigenvalue weighted by molar-refractivity contribution is 5.86. The number of aromatic hydroxyl groups is 1. The van der Waals surface area contributed by atoms with Crippen LogP contribution >= 0.6 is 0 Å². The number of piperidine rings is 1. The molecule has 12 heteroatoms. The molecule has 0 unspecified atom stereocenters. The van der Waals surface area contributed by atoms with Crippen molar-refractivity contribution in [1.82, 2.24) is 4.90 Å². The minimum Gasteiger partial charge on any atom is -0.504 e. The number of carboxylic acids is 1. The fourth-order valence-corrected chi connectivity index (χ4v) is 7.22. The van der Waals surface area contributed by atoms with E-state index in [-0.39, 0.29) is 35.3 Å². The minimum atomic E-state index is -1.78. The molecule has 1 fully saturated rings. The van der Waals surface area contributed by atoms with Gasteiger partial charge in [-0.2, -0.15) is 0 Å². The largest absolute Gasteiger partial charge is 0.504 e. The number of phenolic OH excluding ortho intramolecular Hbond substituents is 1. The van der Waals surface area contributed by atoms with Crippen LogP contribution in [0.2, 0.25) is 0 Å². The number of carboxylic acid groups (broad SMARTS) is 1. The van der Waals surface area contributed by atoms with Gasteiger partial charge in [-0.1, -0.05) is 36.4 Å². The van der Waals surface area contributed by atoms with E-state index in [4.69, 9.17) is 18.9 Å². The number of hydrogen-bond acceptors (Lipinski definition) is 11. The van der Waals surface area contributed by atoms with Gasteiger partial charge in [-0.05, 0) is 44.1 Å². The number of ether oxygens (including phenoxy) is 4. The fourth-order valence-electron chi connectivity index (χ4n) is 7.22. The van der Waals surface area contributed by atoms with Gasteiger partial charge < -0.3 is 39.2 Å². The molecule has 43 heavy (non-hydrogen) atoms.